The molecular weight excluding hydrogens is 515 g/mol. The molecule has 0 aliphatic rings. The van der Waals surface area contributed by atoms with Crippen molar-refractivity contribution in [2.24, 2.45) is 0 Å². The lowest BCUT2D eigenvalue weighted by Gasteiger charge is -2.31. The second-order valence-electron chi connectivity index (χ2n) is 10.4. The van der Waals surface area contributed by atoms with Crippen LogP contribution in [0.5, 0.6) is 0 Å². The second kappa shape index (κ2) is 12.6. The van der Waals surface area contributed by atoms with Gasteiger partial charge in [-0.05, 0) is 49.1 Å². The van der Waals surface area contributed by atoms with Gasteiger partial charge in [0.15, 0.2) is 5.78 Å². The smallest absolute Gasteiger partial charge is 0.408 e. The third-order valence-corrected chi connectivity index (χ3v) is 10.6. The van der Waals surface area contributed by atoms with Gasteiger partial charge in [-0.2, -0.15) is 5.26 Å². The lowest BCUT2D eigenvalue weighted by Crippen LogP contribution is -2.48. The summed E-state index contributed by atoms with van der Waals surface area (Å²) < 4.78 is 5.52. The van der Waals surface area contributed by atoms with E-state index in [-0.39, 0.29) is 11.7 Å². The molecule has 6 heteroatoms. The van der Waals surface area contributed by atoms with E-state index in [1.54, 1.807) is 20.8 Å². The Kier molecular flexibility index (Phi) is 9.04. The van der Waals surface area contributed by atoms with Crippen molar-refractivity contribution in [3.8, 4) is 6.07 Å². The molecule has 0 fully saturated rings. The van der Waals surface area contributed by atoms with Crippen molar-refractivity contribution in [1.29, 1.82) is 5.26 Å². The summed E-state index contributed by atoms with van der Waals surface area (Å²) in [6.07, 6.45) is -0.496. The van der Waals surface area contributed by atoms with Gasteiger partial charge in [0, 0.05) is 6.42 Å². The van der Waals surface area contributed by atoms with Gasteiger partial charge in [-0.1, -0.05) is 121 Å². The fourth-order valence-electron chi connectivity index (χ4n) is 4.76. The van der Waals surface area contributed by atoms with Crippen LogP contribution >= 0.6 is 6.89 Å². The normalized spacial score (nSPS) is 12.1. The Morgan fingerprint density at radius 1 is 0.750 bits per heavy atom. The predicted octanol–water partition coefficient (Wildman–Crippen LogP) is 5.38. The fourth-order valence-corrected chi connectivity index (χ4v) is 8.92. The molecule has 0 aromatic heterocycles. The molecule has 0 saturated heterocycles. The Hall–Kier alpha value is -4.39. The first-order valence-corrected chi connectivity index (χ1v) is 15.0. The number of benzene rings is 4. The quantitative estimate of drug-likeness (QED) is 0.300. The molecular formula is C34H33N2O3P. The zero-order chi connectivity index (χ0) is 28.6. The number of amides is 1. The SMILES string of the molecule is CC(C)(C)OC(=O)N[C@H](Cc1ccccc1)C(=O)C(C#N)=P(c1ccccc1)(c1ccccc1)c1ccccc1. The molecule has 4 rings (SSSR count). The number of Topliss-reactive ketones (excluding diaryl/α,β-unsaturated/α-hetero) is 1. The van der Waals surface area contributed by atoms with Gasteiger partial charge < -0.3 is 10.1 Å². The Labute approximate surface area is 236 Å². The molecule has 202 valence electrons. The molecule has 4 aromatic carbocycles. The fraction of sp³-hybridized carbons (Fsp3) is 0.176. The highest BCUT2D eigenvalue weighted by atomic mass is 31.2. The Morgan fingerprint density at radius 2 is 1.15 bits per heavy atom. The van der Waals surface area contributed by atoms with E-state index in [4.69, 9.17) is 4.74 Å². The summed E-state index contributed by atoms with van der Waals surface area (Å²) in [6, 6.07) is 40.0. The maximum atomic E-state index is 14.6. The molecule has 0 aliphatic carbocycles. The number of hydrogen-bond donors (Lipinski definition) is 1. The van der Waals surface area contributed by atoms with Gasteiger partial charge in [0.05, 0.1) is 0 Å². The summed E-state index contributed by atoms with van der Waals surface area (Å²) in [5, 5.41) is 16.4. The molecule has 5 nitrogen and oxygen atoms in total. The van der Waals surface area contributed by atoms with E-state index in [1.165, 1.54) is 0 Å². The number of ketones is 1. The summed E-state index contributed by atoms with van der Waals surface area (Å²) >= 11 is 0. The molecule has 0 aliphatic heterocycles. The third-order valence-electron chi connectivity index (χ3n) is 6.40. The first kappa shape index (κ1) is 28.6. The number of carbonyl (C=O) groups excluding carboxylic acids is 2. The standard InChI is InChI=1S/C34H33N2O3P/c1-34(2,3)39-33(38)36-30(24-26-16-8-4-9-17-26)32(37)31(25-35)40(27-18-10-5-11-19-27,28-20-12-6-13-21-28)29-22-14-7-15-23-29/h4-23,30H,24H2,1-3H3,(H,36,38)/t30-/m1/s1. The van der Waals surface area contributed by atoms with Crippen LogP contribution in [0.15, 0.2) is 121 Å². The van der Waals surface area contributed by atoms with E-state index >= 15 is 0 Å². The summed E-state index contributed by atoms with van der Waals surface area (Å²) in [6.45, 7) is 2.36. The maximum absolute atomic E-state index is 14.6. The van der Waals surface area contributed by atoms with Gasteiger partial charge in [-0.3, -0.25) is 4.79 Å². The molecule has 0 spiro atoms. The van der Waals surface area contributed by atoms with Gasteiger partial charge in [0.25, 0.3) is 0 Å². The lowest BCUT2D eigenvalue weighted by molar-refractivity contribution is -0.114. The molecule has 0 heterocycles. The first-order chi connectivity index (χ1) is 19.3. The highest BCUT2D eigenvalue weighted by Crippen LogP contribution is 2.46. The monoisotopic (exact) mass is 548 g/mol. The Morgan fingerprint density at radius 3 is 1.52 bits per heavy atom. The van der Waals surface area contributed by atoms with Crippen LogP contribution < -0.4 is 21.2 Å². The summed E-state index contributed by atoms with van der Waals surface area (Å²) in [5.41, 5.74) is 0.110. The zero-order valence-electron chi connectivity index (χ0n) is 23.0. The van der Waals surface area contributed by atoms with Gasteiger partial charge >= 0.3 is 6.09 Å². The number of ether oxygens (including phenoxy) is 1. The van der Waals surface area contributed by atoms with Gasteiger partial charge in [0.2, 0.25) is 0 Å². The predicted molar refractivity (Wildman–Crippen MR) is 164 cm³/mol. The number of rotatable bonds is 8. The molecule has 0 unspecified atom stereocenters. The van der Waals surface area contributed by atoms with E-state index in [9.17, 15) is 14.9 Å². The average molecular weight is 549 g/mol. The Balaban J connectivity index is 2.01. The minimum absolute atomic E-state index is 0.119. The van der Waals surface area contributed by atoms with E-state index in [0.29, 0.717) is 0 Å². The van der Waals surface area contributed by atoms with E-state index in [1.807, 2.05) is 121 Å². The van der Waals surface area contributed by atoms with Gasteiger partial charge in [-0.25, -0.2) is 4.79 Å². The molecule has 0 saturated carbocycles. The highest BCUT2D eigenvalue weighted by Gasteiger charge is 2.37. The van der Waals surface area contributed by atoms with Crippen molar-refractivity contribution in [3.63, 3.8) is 0 Å². The average Bonchev–Trinajstić information content (AvgIpc) is 2.96. The minimum Gasteiger partial charge on any atom is -0.444 e. The zero-order valence-corrected chi connectivity index (χ0v) is 23.8. The number of nitrogens with zero attached hydrogens (tertiary/aromatic N) is 1. The molecule has 1 N–H and O–H groups in total. The van der Waals surface area contributed by atoms with Crippen molar-refractivity contribution in [1.82, 2.24) is 5.32 Å². The van der Waals surface area contributed by atoms with Crippen molar-refractivity contribution in [2.75, 3.05) is 0 Å². The van der Waals surface area contributed by atoms with Crippen molar-refractivity contribution in [2.45, 2.75) is 38.8 Å². The van der Waals surface area contributed by atoms with Crippen LogP contribution in [0.2, 0.25) is 0 Å². The van der Waals surface area contributed by atoms with Crippen LogP contribution in [0.4, 0.5) is 4.79 Å². The first-order valence-electron chi connectivity index (χ1n) is 13.2. The van der Waals surface area contributed by atoms with E-state index in [0.717, 1.165) is 21.5 Å². The van der Waals surface area contributed by atoms with Gasteiger partial charge in [0.1, 0.15) is 23.0 Å². The second-order valence-corrected chi connectivity index (χ2v) is 13.7. The molecule has 1 atom stereocenters. The van der Waals surface area contributed by atoms with Crippen LogP contribution in [-0.2, 0) is 16.0 Å². The van der Waals surface area contributed by atoms with Crippen LogP contribution in [-0.4, -0.2) is 28.8 Å². The molecule has 40 heavy (non-hydrogen) atoms. The third kappa shape index (κ3) is 6.42. The maximum Gasteiger partial charge on any atom is 0.408 e. The van der Waals surface area contributed by atoms with Crippen LogP contribution in [0, 0.1) is 11.3 Å². The topological polar surface area (TPSA) is 79.2 Å². The Bertz CT molecular complexity index is 1440. The van der Waals surface area contributed by atoms with Crippen LogP contribution in [0.25, 0.3) is 0 Å². The number of alkyl carbamates (subject to hydrolysis) is 1. The summed E-state index contributed by atoms with van der Waals surface area (Å²) in [4.78, 5) is 27.6. The van der Waals surface area contributed by atoms with Crippen molar-refractivity contribution < 1.29 is 14.3 Å². The van der Waals surface area contributed by atoms with Crippen LogP contribution in [0.3, 0.4) is 0 Å². The van der Waals surface area contributed by atoms with E-state index in [2.05, 4.69) is 11.4 Å². The molecule has 0 radical (unpaired) electrons. The van der Waals surface area contributed by atoms with Gasteiger partial charge in [-0.15, -0.1) is 0 Å². The summed E-state index contributed by atoms with van der Waals surface area (Å²) in [7, 11) is 0. The largest absolute Gasteiger partial charge is 0.444 e. The highest BCUT2D eigenvalue weighted by molar-refractivity contribution is 7.97. The van der Waals surface area contributed by atoms with Crippen molar-refractivity contribution in [3.05, 3.63) is 127 Å². The number of nitrogens with one attached hydrogen (secondary N) is 1. The minimum atomic E-state index is -2.95. The van der Waals surface area contributed by atoms with Crippen LogP contribution in [0.1, 0.15) is 26.3 Å². The molecule has 0 bridgehead atoms. The van der Waals surface area contributed by atoms with Crippen molar-refractivity contribution >= 4 is 40.0 Å². The molecule has 1 amide bonds. The lowest BCUT2D eigenvalue weighted by atomic mass is 10.0. The van der Waals surface area contributed by atoms with E-state index < -0.39 is 30.4 Å². The number of carbonyl (C=O) groups is 2. The number of hydrogen-bond acceptors (Lipinski definition) is 4. The summed E-state index contributed by atoms with van der Waals surface area (Å²) in [5.74, 6) is -0.429. The molecule has 4 aromatic rings. The number of nitriles is 1.